The van der Waals surface area contributed by atoms with Crippen molar-refractivity contribution in [1.29, 1.82) is 0 Å². The summed E-state index contributed by atoms with van der Waals surface area (Å²) in [6, 6.07) is 23.5. The molecule has 5 rings (SSSR count). The quantitative estimate of drug-likeness (QED) is 0.109. The summed E-state index contributed by atoms with van der Waals surface area (Å²) in [5.74, 6) is -9.55. The van der Waals surface area contributed by atoms with Crippen LogP contribution in [0.4, 0.5) is 39.0 Å². The lowest BCUT2D eigenvalue weighted by molar-refractivity contribution is 0.0977. The molecule has 1 fully saturated rings. The normalized spacial score (nSPS) is 13.0. The van der Waals surface area contributed by atoms with Crippen molar-refractivity contribution in [1.82, 2.24) is 5.32 Å². The molecular weight excluding hydrogens is 587 g/mol. The average Bonchev–Trinajstić information content (AvgIpc) is 3.03. The summed E-state index contributed by atoms with van der Waals surface area (Å²) >= 11 is 5.28. The van der Waals surface area contributed by atoms with Gasteiger partial charge in [0, 0.05) is 43.1 Å². The first kappa shape index (κ1) is 29.8. The number of benzene rings is 4. The number of thiocarbonyl (C=S) groups is 1. The highest BCUT2D eigenvalue weighted by Crippen LogP contribution is 2.31. The summed E-state index contributed by atoms with van der Waals surface area (Å²) in [4.78, 5) is 15.7. The summed E-state index contributed by atoms with van der Waals surface area (Å²) in [7, 11) is 0. The van der Waals surface area contributed by atoms with Gasteiger partial charge in [0.1, 0.15) is 18.0 Å². The molecule has 1 heterocycles. The minimum atomic E-state index is -2.18. The lowest BCUT2D eigenvalue weighted by atomic mass is 10.2. The van der Waals surface area contributed by atoms with Crippen molar-refractivity contribution in [2.75, 3.05) is 41.3 Å². The van der Waals surface area contributed by atoms with Crippen molar-refractivity contribution in [2.24, 2.45) is 0 Å². The van der Waals surface area contributed by atoms with Crippen LogP contribution in [0.5, 0.6) is 5.75 Å². The summed E-state index contributed by atoms with van der Waals surface area (Å²) in [6.07, 6.45) is 0. The van der Waals surface area contributed by atoms with Gasteiger partial charge >= 0.3 is 0 Å². The van der Waals surface area contributed by atoms with Gasteiger partial charge in [0.05, 0.1) is 0 Å². The van der Waals surface area contributed by atoms with Crippen LogP contribution in [0.1, 0.15) is 15.9 Å². The van der Waals surface area contributed by atoms with E-state index in [2.05, 4.69) is 10.6 Å². The Morgan fingerprint density at radius 3 is 1.88 bits per heavy atom. The second-order valence-corrected chi connectivity index (χ2v) is 10.1. The average molecular weight is 613 g/mol. The third-order valence-corrected chi connectivity index (χ3v) is 7.07. The molecule has 1 saturated heterocycles. The van der Waals surface area contributed by atoms with E-state index < -0.39 is 40.7 Å². The van der Waals surface area contributed by atoms with Crippen molar-refractivity contribution in [3.05, 3.63) is 119 Å². The number of hydrogen-bond donors (Lipinski definition) is 2. The van der Waals surface area contributed by atoms with Crippen molar-refractivity contribution in [2.45, 2.75) is 6.61 Å². The van der Waals surface area contributed by atoms with Crippen molar-refractivity contribution in [3.8, 4) is 5.75 Å². The van der Waals surface area contributed by atoms with Gasteiger partial charge in [-0.05, 0) is 66.3 Å². The fraction of sp³-hybridized carbons (Fsp3) is 0.161. The van der Waals surface area contributed by atoms with Crippen LogP contribution in [0.15, 0.2) is 78.9 Å². The number of hydrogen-bond acceptors (Lipinski definition) is 5. The van der Waals surface area contributed by atoms with Gasteiger partial charge in [0.15, 0.2) is 28.4 Å². The molecule has 0 saturated carbocycles. The zero-order valence-electron chi connectivity index (χ0n) is 22.6. The molecule has 2 N–H and O–H groups in total. The van der Waals surface area contributed by atoms with Gasteiger partial charge < -0.3 is 19.9 Å². The van der Waals surface area contributed by atoms with E-state index in [1.54, 1.807) is 48.5 Å². The Morgan fingerprint density at radius 1 is 0.721 bits per heavy atom. The lowest BCUT2D eigenvalue weighted by Gasteiger charge is -2.37. The minimum absolute atomic E-state index is 0.0502. The van der Waals surface area contributed by atoms with Gasteiger partial charge in [-0.2, -0.15) is 0 Å². The van der Waals surface area contributed by atoms with Crippen LogP contribution >= 0.6 is 12.2 Å². The molecule has 12 heteroatoms. The Kier molecular flexibility index (Phi) is 9.05. The fourth-order valence-corrected chi connectivity index (χ4v) is 4.81. The standard InChI is InChI=1S/C31H25F5N4O2S/c32-24-25(33)27(35)29(28(36)26(24)34)40-16-14-39(15-17-40)22-10-8-21(9-11-22)37-31(43)38-30(41)20-6-12-23(13-7-20)42-18-19-4-2-1-3-5-19/h1-13H,14-18H2,(H2,37,38,41,43). The number of carbonyl (C=O) groups is 1. The maximum absolute atomic E-state index is 14.2. The highest BCUT2D eigenvalue weighted by atomic mass is 32.1. The smallest absolute Gasteiger partial charge is 0.257 e. The maximum atomic E-state index is 14.2. The van der Waals surface area contributed by atoms with Crippen molar-refractivity contribution in [3.63, 3.8) is 0 Å². The van der Waals surface area contributed by atoms with E-state index in [4.69, 9.17) is 17.0 Å². The van der Waals surface area contributed by atoms with Crippen molar-refractivity contribution < 1.29 is 31.5 Å². The van der Waals surface area contributed by atoms with Crippen LogP contribution in [-0.2, 0) is 6.61 Å². The number of rotatable bonds is 7. The molecule has 0 unspecified atom stereocenters. The molecule has 0 atom stereocenters. The number of nitrogens with one attached hydrogen (secondary N) is 2. The summed E-state index contributed by atoms with van der Waals surface area (Å²) < 4.78 is 74.8. The predicted octanol–water partition coefficient (Wildman–Crippen LogP) is 6.41. The third kappa shape index (κ3) is 6.86. The van der Waals surface area contributed by atoms with Gasteiger partial charge in [-0.25, -0.2) is 22.0 Å². The second kappa shape index (κ2) is 13.1. The van der Waals surface area contributed by atoms with E-state index in [0.717, 1.165) is 16.2 Å². The van der Waals surface area contributed by atoms with E-state index in [0.29, 0.717) is 23.6 Å². The largest absolute Gasteiger partial charge is 0.489 e. The molecule has 1 aliphatic heterocycles. The zero-order valence-corrected chi connectivity index (χ0v) is 23.4. The van der Waals surface area contributed by atoms with Crippen LogP contribution in [0, 0.1) is 29.1 Å². The Balaban J connectivity index is 1.11. The molecule has 1 amide bonds. The molecule has 4 aromatic carbocycles. The Bertz CT molecular complexity index is 1590. The number of nitrogens with zero attached hydrogens (tertiary/aromatic N) is 2. The van der Waals surface area contributed by atoms with E-state index in [1.165, 1.54) is 0 Å². The van der Waals surface area contributed by atoms with E-state index >= 15 is 0 Å². The topological polar surface area (TPSA) is 56.8 Å². The van der Waals surface area contributed by atoms with E-state index in [9.17, 15) is 26.7 Å². The first-order valence-corrected chi connectivity index (χ1v) is 13.6. The van der Waals surface area contributed by atoms with Crippen LogP contribution < -0.4 is 25.2 Å². The molecular formula is C31H25F5N4O2S. The number of amides is 1. The summed E-state index contributed by atoms with van der Waals surface area (Å²) in [6.45, 7) is 1.09. The first-order valence-electron chi connectivity index (χ1n) is 13.2. The summed E-state index contributed by atoms with van der Waals surface area (Å²) in [5, 5.41) is 5.67. The van der Waals surface area contributed by atoms with Gasteiger partial charge in [-0.3, -0.25) is 10.1 Å². The number of ether oxygens (including phenoxy) is 1. The van der Waals surface area contributed by atoms with Crippen LogP contribution in [0.3, 0.4) is 0 Å². The molecule has 0 aromatic heterocycles. The van der Waals surface area contributed by atoms with Gasteiger partial charge in [-0.1, -0.05) is 30.3 Å². The van der Waals surface area contributed by atoms with Crippen LogP contribution in [-0.4, -0.2) is 37.2 Å². The maximum Gasteiger partial charge on any atom is 0.257 e. The highest BCUT2D eigenvalue weighted by Gasteiger charge is 2.30. The predicted molar refractivity (Wildman–Crippen MR) is 158 cm³/mol. The van der Waals surface area contributed by atoms with Crippen LogP contribution in [0.2, 0.25) is 0 Å². The SMILES string of the molecule is O=C(NC(=S)Nc1ccc(N2CCN(c3c(F)c(F)c(F)c(F)c3F)CC2)cc1)c1ccc(OCc2ccccc2)cc1. The number of carbonyl (C=O) groups excluding carboxylic acids is 1. The molecule has 6 nitrogen and oxygen atoms in total. The fourth-order valence-electron chi connectivity index (χ4n) is 4.60. The zero-order chi connectivity index (χ0) is 30.5. The lowest BCUT2D eigenvalue weighted by Crippen LogP contribution is -2.47. The molecule has 1 aliphatic rings. The molecule has 0 bridgehead atoms. The molecule has 222 valence electrons. The van der Waals surface area contributed by atoms with Crippen LogP contribution in [0.25, 0.3) is 0 Å². The Hall–Kier alpha value is -4.71. The number of halogens is 5. The molecule has 0 spiro atoms. The third-order valence-electron chi connectivity index (χ3n) is 6.86. The molecule has 4 aromatic rings. The van der Waals surface area contributed by atoms with E-state index in [-0.39, 0.29) is 31.3 Å². The highest BCUT2D eigenvalue weighted by molar-refractivity contribution is 7.80. The summed E-state index contributed by atoms with van der Waals surface area (Å²) in [5.41, 5.74) is 1.91. The number of piperazine rings is 1. The monoisotopic (exact) mass is 612 g/mol. The van der Waals surface area contributed by atoms with Gasteiger partial charge in [0.25, 0.3) is 5.91 Å². The molecule has 0 radical (unpaired) electrons. The van der Waals surface area contributed by atoms with Gasteiger partial charge in [0.2, 0.25) is 5.82 Å². The van der Waals surface area contributed by atoms with E-state index in [1.807, 2.05) is 35.2 Å². The molecule has 0 aliphatic carbocycles. The van der Waals surface area contributed by atoms with Gasteiger partial charge in [-0.15, -0.1) is 0 Å². The Labute approximate surface area is 249 Å². The first-order chi connectivity index (χ1) is 20.7. The minimum Gasteiger partial charge on any atom is -0.489 e. The number of anilines is 3. The Morgan fingerprint density at radius 2 is 1.28 bits per heavy atom. The molecule has 43 heavy (non-hydrogen) atoms. The second-order valence-electron chi connectivity index (χ2n) is 9.65. The van der Waals surface area contributed by atoms with Crippen molar-refractivity contribution >= 4 is 40.3 Å².